The molecule has 4 N–H and O–H groups in total. The van der Waals surface area contributed by atoms with Gasteiger partial charge in [-0.2, -0.15) is 0 Å². The van der Waals surface area contributed by atoms with E-state index in [2.05, 4.69) is 6.92 Å². The highest BCUT2D eigenvalue weighted by Crippen LogP contribution is 2.73. The molecule has 0 radical (unpaired) electrons. The smallest absolute Gasteiger partial charge is 0.190 e. The Kier molecular flexibility index (Phi) is 4.71. The number of carbonyl (C=O) groups excluding carboxylic acids is 2. The van der Waals surface area contributed by atoms with Crippen molar-refractivity contribution in [2.24, 2.45) is 28.1 Å². The molecule has 8 atom stereocenters. The Labute approximate surface area is 172 Å². The first-order valence-electron chi connectivity index (χ1n) is 11.0. The second-order valence-electron chi connectivity index (χ2n) is 10.4. The lowest BCUT2D eigenvalue weighted by Gasteiger charge is -2.68. The van der Waals surface area contributed by atoms with Crippen LogP contribution in [0.25, 0.3) is 0 Å². The van der Waals surface area contributed by atoms with E-state index in [0.29, 0.717) is 25.7 Å². The van der Waals surface area contributed by atoms with Gasteiger partial charge in [-0.15, -0.1) is 0 Å². The Hall–Kier alpha value is -1.08. The van der Waals surface area contributed by atoms with Crippen LogP contribution in [0.5, 0.6) is 0 Å². The van der Waals surface area contributed by atoms with Crippen molar-refractivity contribution in [3.8, 4) is 0 Å². The van der Waals surface area contributed by atoms with Gasteiger partial charge in [-0.25, -0.2) is 0 Å². The maximum Gasteiger partial charge on any atom is 0.190 e. The number of carbonyl (C=O) groups is 2. The van der Waals surface area contributed by atoms with Gasteiger partial charge in [0.1, 0.15) is 12.2 Å². The summed E-state index contributed by atoms with van der Waals surface area (Å²) in [5.74, 6) is -0.593. The topological polar surface area (TPSA) is 115 Å². The number of allylic oxidation sites excluding steroid dienone is 1. The van der Waals surface area contributed by atoms with Crippen molar-refractivity contribution in [2.45, 2.75) is 83.5 Å². The quantitative estimate of drug-likeness (QED) is 0.565. The molecule has 0 aromatic heterocycles. The van der Waals surface area contributed by atoms with Gasteiger partial charge in [0.15, 0.2) is 11.6 Å². The zero-order valence-corrected chi connectivity index (χ0v) is 17.6. The molecule has 0 heterocycles. The molecule has 0 spiro atoms. The first-order chi connectivity index (χ1) is 13.5. The maximum absolute atomic E-state index is 12.5. The summed E-state index contributed by atoms with van der Waals surface area (Å²) in [6.07, 6.45) is 3.53. The fraction of sp³-hybridized carbons (Fsp3) is 0.826. The molecule has 0 aromatic carbocycles. The number of Topliss-reactive ketones (excluding diaryl/α,β-unsaturated/α-hetero) is 1. The fourth-order valence-corrected chi connectivity index (χ4v) is 8.36. The van der Waals surface area contributed by atoms with E-state index in [1.807, 2.05) is 6.92 Å². The molecule has 4 aliphatic carbocycles. The lowest BCUT2D eigenvalue weighted by atomic mass is 9.37. The van der Waals surface area contributed by atoms with Crippen molar-refractivity contribution in [2.75, 3.05) is 6.61 Å². The zero-order valence-electron chi connectivity index (χ0n) is 17.6. The highest BCUT2D eigenvalue weighted by Gasteiger charge is 2.74. The van der Waals surface area contributed by atoms with Crippen LogP contribution in [0.3, 0.4) is 0 Å². The molecule has 4 rings (SSSR count). The third-order valence-corrected chi connectivity index (χ3v) is 9.74. The maximum atomic E-state index is 12.5. The van der Waals surface area contributed by atoms with Crippen molar-refractivity contribution in [3.05, 3.63) is 11.6 Å². The van der Waals surface area contributed by atoms with Gasteiger partial charge in [-0.1, -0.05) is 19.4 Å². The van der Waals surface area contributed by atoms with Gasteiger partial charge in [-0.05, 0) is 63.4 Å². The molecular weight excluding hydrogens is 372 g/mol. The number of aliphatic hydroxyl groups is 4. The first kappa shape index (κ1) is 21.2. The van der Waals surface area contributed by atoms with Gasteiger partial charge in [0.25, 0.3) is 0 Å². The Morgan fingerprint density at radius 3 is 2.52 bits per heavy atom. The summed E-state index contributed by atoms with van der Waals surface area (Å²) in [4.78, 5) is 24.6. The molecule has 1 unspecified atom stereocenters. The second-order valence-corrected chi connectivity index (χ2v) is 10.4. The van der Waals surface area contributed by atoms with Gasteiger partial charge in [0.05, 0.1) is 12.2 Å². The van der Waals surface area contributed by atoms with Crippen molar-refractivity contribution >= 4 is 11.6 Å². The van der Waals surface area contributed by atoms with Crippen LogP contribution in [0.1, 0.15) is 65.7 Å². The van der Waals surface area contributed by atoms with E-state index >= 15 is 0 Å². The van der Waals surface area contributed by atoms with Gasteiger partial charge in [-0.3, -0.25) is 9.59 Å². The summed E-state index contributed by atoms with van der Waals surface area (Å²) in [6, 6.07) is 0. The molecule has 29 heavy (non-hydrogen) atoms. The zero-order chi connectivity index (χ0) is 21.4. The number of aliphatic hydroxyl groups excluding tert-OH is 3. The minimum absolute atomic E-state index is 0.0444. The average molecular weight is 407 g/mol. The molecule has 3 saturated carbocycles. The van der Waals surface area contributed by atoms with E-state index in [1.54, 1.807) is 13.0 Å². The number of fused-ring (bicyclic) bond motifs is 5. The third-order valence-electron chi connectivity index (χ3n) is 9.74. The number of rotatable bonds is 3. The summed E-state index contributed by atoms with van der Waals surface area (Å²) in [6.45, 7) is 4.97. The molecule has 0 amide bonds. The standard InChI is InChI=1S/C23H34O6/c1-13(25)23-17(5-4-14-10-15(26)6-8-20(14,23)2)16-7-9-22(29,19(28)12-24)21(16,3)11-18(23)27/h10,13,16-18,24-25,27,29H,4-9,11-12H2,1-3H3/t13?,16-,17-,18-,20-,21-,22-,23+/m0/s1. The number of hydrogen-bond acceptors (Lipinski definition) is 6. The minimum atomic E-state index is -1.65. The second kappa shape index (κ2) is 6.46. The van der Waals surface area contributed by atoms with Crippen molar-refractivity contribution in [3.63, 3.8) is 0 Å². The van der Waals surface area contributed by atoms with Crippen LogP contribution in [0.2, 0.25) is 0 Å². The van der Waals surface area contributed by atoms with Crippen LogP contribution < -0.4 is 0 Å². The number of ketones is 2. The molecule has 6 heteroatoms. The predicted molar refractivity (Wildman–Crippen MR) is 106 cm³/mol. The van der Waals surface area contributed by atoms with Crippen molar-refractivity contribution < 1.29 is 30.0 Å². The molecule has 0 bridgehead atoms. The Balaban J connectivity index is 1.87. The van der Waals surface area contributed by atoms with Crippen LogP contribution in [0.15, 0.2) is 11.6 Å². The monoisotopic (exact) mass is 406 g/mol. The normalized spacial score (nSPS) is 50.2. The molecule has 162 valence electrons. The van der Waals surface area contributed by atoms with E-state index in [-0.39, 0.29) is 30.5 Å². The van der Waals surface area contributed by atoms with E-state index < -0.39 is 46.4 Å². The summed E-state index contributed by atoms with van der Waals surface area (Å²) >= 11 is 0. The fourth-order valence-electron chi connectivity index (χ4n) is 8.36. The molecule has 0 saturated heterocycles. The van der Waals surface area contributed by atoms with Gasteiger partial charge in [0.2, 0.25) is 0 Å². The summed E-state index contributed by atoms with van der Waals surface area (Å²) in [7, 11) is 0. The molecule has 0 aromatic rings. The summed E-state index contributed by atoms with van der Waals surface area (Å²) in [5, 5.41) is 43.6. The van der Waals surface area contributed by atoms with Crippen LogP contribution in [-0.4, -0.2) is 56.4 Å². The number of hydrogen-bond donors (Lipinski definition) is 4. The van der Waals surface area contributed by atoms with E-state index in [4.69, 9.17) is 0 Å². The van der Waals surface area contributed by atoms with Crippen LogP contribution in [0, 0.1) is 28.1 Å². The molecule has 6 nitrogen and oxygen atoms in total. The van der Waals surface area contributed by atoms with Gasteiger partial charge in [0, 0.05) is 22.7 Å². The Bertz CT molecular complexity index is 773. The van der Waals surface area contributed by atoms with Crippen LogP contribution in [-0.2, 0) is 9.59 Å². The largest absolute Gasteiger partial charge is 0.393 e. The third kappa shape index (κ3) is 2.32. The minimum Gasteiger partial charge on any atom is -0.393 e. The lowest BCUT2D eigenvalue weighted by molar-refractivity contribution is -0.251. The van der Waals surface area contributed by atoms with Crippen LogP contribution >= 0.6 is 0 Å². The average Bonchev–Trinajstić information content (AvgIpc) is 2.92. The summed E-state index contributed by atoms with van der Waals surface area (Å²) in [5.41, 5.74) is -2.81. The highest BCUT2D eigenvalue weighted by atomic mass is 16.3. The Morgan fingerprint density at radius 1 is 1.21 bits per heavy atom. The van der Waals surface area contributed by atoms with Crippen LogP contribution in [0.4, 0.5) is 0 Å². The van der Waals surface area contributed by atoms with Crippen molar-refractivity contribution in [1.82, 2.24) is 0 Å². The molecule has 0 aliphatic heterocycles. The summed E-state index contributed by atoms with van der Waals surface area (Å²) < 4.78 is 0. The molecular formula is C23H34O6. The highest BCUT2D eigenvalue weighted by molar-refractivity contribution is 5.92. The predicted octanol–water partition coefficient (Wildman–Crippen LogP) is 1.53. The van der Waals surface area contributed by atoms with E-state index in [1.165, 1.54) is 0 Å². The lowest BCUT2D eigenvalue weighted by Crippen LogP contribution is -2.70. The van der Waals surface area contributed by atoms with Gasteiger partial charge < -0.3 is 20.4 Å². The van der Waals surface area contributed by atoms with E-state index in [0.717, 1.165) is 12.0 Å². The van der Waals surface area contributed by atoms with E-state index in [9.17, 15) is 30.0 Å². The first-order valence-corrected chi connectivity index (χ1v) is 11.0. The molecule has 4 aliphatic rings. The van der Waals surface area contributed by atoms with Crippen molar-refractivity contribution in [1.29, 1.82) is 0 Å². The Morgan fingerprint density at radius 2 is 1.90 bits per heavy atom. The van der Waals surface area contributed by atoms with Gasteiger partial charge >= 0.3 is 0 Å². The molecule has 3 fully saturated rings. The SMILES string of the molecule is CC(O)[C@]12[C@@H](O)C[C@@]3(C)[C@@H](CC[C@]3(O)C(=O)CO)[C@@H]1CCC1=CC(=O)CC[C@@]12C.